The minimum Gasteiger partial charge on any atom is -0.487 e. The lowest BCUT2D eigenvalue weighted by Crippen LogP contribution is -2.55. The molecule has 0 bridgehead atoms. The summed E-state index contributed by atoms with van der Waals surface area (Å²) < 4.78 is 12.3. The van der Waals surface area contributed by atoms with E-state index in [2.05, 4.69) is 15.3 Å². The molecule has 2 aromatic carbocycles. The first-order valence-corrected chi connectivity index (χ1v) is 12.9. The standard InChI is InChI=1S/C30H35N5O4.H2/c1-19-12-21(13-29(37)34-22(15-31)16-33-30(3,4)5)6-9-27(19)39-28-10-11-32-26-8-7-23(14-25(26)28)38-24-17-35(18-24)20(2)36;/h6-12,14-16,24H,13,17-18,31H2,1-5H3,(H,34,37);1H/b22-15+,33-16?;. The second-order valence-corrected chi connectivity index (χ2v) is 10.6. The van der Waals surface area contributed by atoms with E-state index in [1.54, 1.807) is 24.2 Å². The minimum atomic E-state index is -0.268. The van der Waals surface area contributed by atoms with Crippen LogP contribution in [0.15, 0.2) is 65.6 Å². The van der Waals surface area contributed by atoms with Crippen molar-refractivity contribution in [3.63, 3.8) is 0 Å². The molecule has 4 rings (SSSR count). The van der Waals surface area contributed by atoms with Crippen molar-refractivity contribution in [2.24, 2.45) is 10.7 Å². The molecule has 206 valence electrons. The van der Waals surface area contributed by atoms with Crippen molar-refractivity contribution in [1.82, 2.24) is 15.2 Å². The summed E-state index contributed by atoms with van der Waals surface area (Å²) in [6, 6.07) is 13.1. The van der Waals surface area contributed by atoms with Gasteiger partial charge in [0.05, 0.1) is 36.3 Å². The Morgan fingerprint density at radius 3 is 2.62 bits per heavy atom. The van der Waals surface area contributed by atoms with E-state index in [1.165, 1.54) is 6.20 Å². The van der Waals surface area contributed by atoms with Gasteiger partial charge in [-0.3, -0.25) is 19.6 Å². The number of allylic oxidation sites excluding steroid dienone is 1. The Kier molecular flexibility index (Phi) is 8.18. The molecule has 39 heavy (non-hydrogen) atoms. The molecule has 0 radical (unpaired) electrons. The normalized spacial score (nSPS) is 14.4. The van der Waals surface area contributed by atoms with Crippen LogP contribution >= 0.6 is 0 Å². The Hall–Kier alpha value is -4.40. The average molecular weight is 532 g/mol. The molecule has 0 unspecified atom stereocenters. The van der Waals surface area contributed by atoms with Crippen LogP contribution in [0.4, 0.5) is 0 Å². The molecule has 3 N–H and O–H groups in total. The minimum absolute atomic E-state index is 0. The van der Waals surface area contributed by atoms with E-state index in [-0.39, 0.29) is 31.3 Å². The maximum Gasteiger partial charge on any atom is 0.228 e. The highest BCUT2D eigenvalue weighted by atomic mass is 16.5. The van der Waals surface area contributed by atoms with Gasteiger partial charge in [-0.25, -0.2) is 0 Å². The van der Waals surface area contributed by atoms with Crippen LogP contribution in [0.3, 0.4) is 0 Å². The number of likely N-dealkylation sites (tertiary alicyclic amines) is 1. The number of nitrogens with one attached hydrogen (secondary N) is 1. The van der Waals surface area contributed by atoms with E-state index in [0.29, 0.717) is 36.0 Å². The van der Waals surface area contributed by atoms with Crippen molar-refractivity contribution < 1.29 is 20.5 Å². The van der Waals surface area contributed by atoms with Gasteiger partial charge >= 0.3 is 0 Å². The third-order valence-electron chi connectivity index (χ3n) is 6.15. The molecule has 9 nitrogen and oxygen atoms in total. The third-order valence-corrected chi connectivity index (χ3v) is 6.15. The molecule has 9 heteroatoms. The second kappa shape index (κ2) is 11.6. The largest absolute Gasteiger partial charge is 0.487 e. The Morgan fingerprint density at radius 2 is 1.95 bits per heavy atom. The lowest BCUT2D eigenvalue weighted by atomic mass is 10.1. The molecule has 0 aliphatic carbocycles. The number of pyridine rings is 1. The van der Waals surface area contributed by atoms with Crippen molar-refractivity contribution in [1.29, 1.82) is 0 Å². The van der Waals surface area contributed by atoms with E-state index in [0.717, 1.165) is 22.0 Å². The smallest absolute Gasteiger partial charge is 0.228 e. The first-order valence-electron chi connectivity index (χ1n) is 12.9. The summed E-state index contributed by atoms with van der Waals surface area (Å²) in [7, 11) is 0. The fraction of sp³-hybridized carbons (Fsp3) is 0.333. The van der Waals surface area contributed by atoms with Gasteiger partial charge in [0.25, 0.3) is 0 Å². The van der Waals surface area contributed by atoms with Gasteiger partial charge in [0.1, 0.15) is 23.4 Å². The van der Waals surface area contributed by atoms with Crippen LogP contribution in [0.2, 0.25) is 0 Å². The van der Waals surface area contributed by atoms with Gasteiger partial charge in [0.15, 0.2) is 0 Å². The van der Waals surface area contributed by atoms with Crippen LogP contribution in [0.1, 0.15) is 40.2 Å². The van der Waals surface area contributed by atoms with Gasteiger partial charge < -0.3 is 25.4 Å². The molecule has 3 aromatic rings. The summed E-state index contributed by atoms with van der Waals surface area (Å²) in [6.45, 7) is 10.6. The topological polar surface area (TPSA) is 119 Å². The molecule has 1 aliphatic rings. The Balaban J connectivity index is 0.00000441. The van der Waals surface area contributed by atoms with E-state index in [4.69, 9.17) is 15.2 Å². The fourth-order valence-corrected chi connectivity index (χ4v) is 4.05. The molecule has 1 aliphatic heterocycles. The number of ether oxygens (including phenoxy) is 2. The van der Waals surface area contributed by atoms with E-state index >= 15 is 0 Å². The average Bonchev–Trinajstić information content (AvgIpc) is 2.84. The van der Waals surface area contributed by atoms with Gasteiger partial charge in [0, 0.05) is 32.3 Å². The number of hydrogen-bond acceptors (Lipinski definition) is 7. The van der Waals surface area contributed by atoms with Gasteiger partial charge in [-0.05, 0) is 69.2 Å². The van der Waals surface area contributed by atoms with Crippen molar-refractivity contribution in [3.8, 4) is 17.2 Å². The van der Waals surface area contributed by atoms with Crippen LogP contribution in [0, 0.1) is 6.92 Å². The predicted octanol–water partition coefficient (Wildman–Crippen LogP) is 4.52. The second-order valence-electron chi connectivity index (χ2n) is 10.6. The lowest BCUT2D eigenvalue weighted by Gasteiger charge is -2.38. The van der Waals surface area contributed by atoms with Crippen molar-refractivity contribution >= 4 is 28.9 Å². The Labute approximate surface area is 230 Å². The summed E-state index contributed by atoms with van der Waals surface area (Å²) in [6.07, 6.45) is 4.76. The zero-order chi connectivity index (χ0) is 28.2. The fourth-order valence-electron chi connectivity index (χ4n) is 4.05. The quantitative estimate of drug-likeness (QED) is 0.413. The number of aromatic nitrogens is 1. The summed E-state index contributed by atoms with van der Waals surface area (Å²) >= 11 is 0. The van der Waals surface area contributed by atoms with Crippen LogP contribution in [0.25, 0.3) is 10.9 Å². The molecule has 0 spiro atoms. The summed E-state index contributed by atoms with van der Waals surface area (Å²) in [5.41, 5.74) is 8.35. The monoisotopic (exact) mass is 531 g/mol. The van der Waals surface area contributed by atoms with Crippen LogP contribution in [-0.2, 0) is 16.0 Å². The lowest BCUT2D eigenvalue weighted by molar-refractivity contribution is -0.137. The molecule has 2 amide bonds. The molecule has 1 fully saturated rings. The summed E-state index contributed by atoms with van der Waals surface area (Å²) in [5.74, 6) is 1.89. The first-order chi connectivity index (χ1) is 18.5. The van der Waals surface area contributed by atoms with Gasteiger partial charge in [0.2, 0.25) is 11.8 Å². The van der Waals surface area contributed by atoms with Crippen LogP contribution in [0.5, 0.6) is 17.2 Å². The zero-order valence-electron chi connectivity index (χ0n) is 23.0. The Bertz CT molecular complexity index is 1440. The van der Waals surface area contributed by atoms with E-state index < -0.39 is 0 Å². The first kappa shape index (κ1) is 27.6. The predicted molar refractivity (Wildman–Crippen MR) is 154 cm³/mol. The van der Waals surface area contributed by atoms with Crippen molar-refractivity contribution in [2.75, 3.05) is 13.1 Å². The maximum absolute atomic E-state index is 12.6. The zero-order valence-corrected chi connectivity index (χ0v) is 23.0. The van der Waals surface area contributed by atoms with Gasteiger partial charge in [-0.15, -0.1) is 0 Å². The number of rotatable bonds is 8. The number of fused-ring (bicyclic) bond motifs is 1. The number of carbonyl (C=O) groups is 2. The number of nitrogens with two attached hydrogens (primary N) is 1. The van der Waals surface area contributed by atoms with Gasteiger partial charge in [-0.1, -0.05) is 12.1 Å². The van der Waals surface area contributed by atoms with E-state index in [1.807, 2.05) is 70.2 Å². The number of aliphatic imine (C=N–C) groups is 1. The van der Waals surface area contributed by atoms with Crippen molar-refractivity contribution in [3.05, 3.63) is 71.7 Å². The number of benzene rings is 2. The molecule has 2 heterocycles. The van der Waals surface area contributed by atoms with Crippen LogP contribution in [-0.4, -0.2) is 52.6 Å². The number of aryl methyl sites for hydroxylation is 1. The molecular formula is C30H37N5O4. The molecule has 1 aromatic heterocycles. The number of carbonyl (C=O) groups excluding carboxylic acids is 2. The van der Waals surface area contributed by atoms with E-state index in [9.17, 15) is 9.59 Å². The molecule has 0 atom stereocenters. The van der Waals surface area contributed by atoms with Crippen molar-refractivity contribution in [2.45, 2.75) is 52.7 Å². The SMILES string of the molecule is CC(=O)N1CC(Oc2ccc3nccc(Oc4ccc(CC(=O)N/C(C=NC(C)(C)C)=C/N)cc4C)c3c2)C1.[HH]. The molecule has 1 saturated heterocycles. The third kappa shape index (κ3) is 7.34. The summed E-state index contributed by atoms with van der Waals surface area (Å²) in [5, 5.41) is 3.61. The number of nitrogens with zero attached hydrogens (tertiary/aromatic N) is 3. The van der Waals surface area contributed by atoms with Crippen LogP contribution < -0.4 is 20.5 Å². The highest BCUT2D eigenvalue weighted by molar-refractivity contribution is 5.89. The number of amides is 2. The maximum atomic E-state index is 12.6. The molecule has 0 saturated carbocycles. The highest BCUT2D eigenvalue weighted by Crippen LogP contribution is 2.33. The Morgan fingerprint density at radius 1 is 1.18 bits per heavy atom. The highest BCUT2D eigenvalue weighted by Gasteiger charge is 2.30. The van der Waals surface area contributed by atoms with Gasteiger partial charge in [-0.2, -0.15) is 0 Å². The number of hydrogen-bond donors (Lipinski definition) is 2. The summed E-state index contributed by atoms with van der Waals surface area (Å²) in [4.78, 5) is 34.6. The molecular weight excluding hydrogens is 494 g/mol.